The van der Waals surface area contributed by atoms with Crippen LogP contribution in [0.5, 0.6) is 17.2 Å². The molecule has 0 saturated carbocycles. The summed E-state index contributed by atoms with van der Waals surface area (Å²) >= 11 is 0. The van der Waals surface area contributed by atoms with Crippen LogP contribution in [-0.2, 0) is 6.54 Å². The van der Waals surface area contributed by atoms with Crippen LogP contribution >= 0.6 is 24.0 Å². The third-order valence-corrected chi connectivity index (χ3v) is 4.76. The molecule has 1 aliphatic rings. The molecule has 32 heavy (non-hydrogen) atoms. The molecule has 0 fully saturated rings. The SMILES string of the molecule is CN=C(NCc1cc2c(cc1OC(F)F)OCO2)NCC(c1cccc(F)c1)N(C)C.I. The van der Waals surface area contributed by atoms with Crippen molar-refractivity contribution < 1.29 is 27.4 Å². The first-order chi connectivity index (χ1) is 14.9. The Morgan fingerprint density at radius 3 is 2.50 bits per heavy atom. The second-order valence-corrected chi connectivity index (χ2v) is 7.03. The first kappa shape index (κ1) is 25.8. The van der Waals surface area contributed by atoms with Crippen molar-refractivity contribution in [1.29, 1.82) is 0 Å². The second-order valence-electron chi connectivity index (χ2n) is 7.03. The summed E-state index contributed by atoms with van der Waals surface area (Å²) in [5.41, 5.74) is 1.28. The van der Waals surface area contributed by atoms with Gasteiger partial charge < -0.3 is 29.7 Å². The van der Waals surface area contributed by atoms with Crippen LogP contribution < -0.4 is 24.8 Å². The highest BCUT2D eigenvalue weighted by Crippen LogP contribution is 2.38. The number of benzene rings is 2. The van der Waals surface area contributed by atoms with E-state index in [-0.39, 0.29) is 54.9 Å². The van der Waals surface area contributed by atoms with Crippen molar-refractivity contribution in [2.24, 2.45) is 4.99 Å². The molecule has 1 unspecified atom stereocenters. The van der Waals surface area contributed by atoms with Crippen molar-refractivity contribution in [2.75, 3.05) is 34.5 Å². The van der Waals surface area contributed by atoms with Gasteiger partial charge in [0.15, 0.2) is 17.5 Å². The maximum Gasteiger partial charge on any atom is 0.387 e. The van der Waals surface area contributed by atoms with E-state index in [1.165, 1.54) is 18.2 Å². The van der Waals surface area contributed by atoms with Crippen LogP contribution in [0.3, 0.4) is 0 Å². The van der Waals surface area contributed by atoms with Gasteiger partial charge in [0.2, 0.25) is 6.79 Å². The lowest BCUT2D eigenvalue weighted by molar-refractivity contribution is -0.0505. The molecule has 1 atom stereocenters. The predicted molar refractivity (Wildman–Crippen MR) is 126 cm³/mol. The van der Waals surface area contributed by atoms with Crippen LogP contribution in [0.2, 0.25) is 0 Å². The smallest absolute Gasteiger partial charge is 0.387 e. The lowest BCUT2D eigenvalue weighted by Gasteiger charge is -2.26. The number of alkyl halides is 2. The van der Waals surface area contributed by atoms with E-state index in [2.05, 4.69) is 20.4 Å². The summed E-state index contributed by atoms with van der Waals surface area (Å²) in [6.07, 6.45) is 0. The van der Waals surface area contributed by atoms with Crippen LogP contribution in [0, 0.1) is 5.82 Å². The van der Waals surface area contributed by atoms with Gasteiger partial charge in [0.05, 0.1) is 6.04 Å². The summed E-state index contributed by atoms with van der Waals surface area (Å²) in [6.45, 7) is -2.35. The van der Waals surface area contributed by atoms with Crippen LogP contribution in [0.15, 0.2) is 41.4 Å². The van der Waals surface area contributed by atoms with Gasteiger partial charge in [-0.1, -0.05) is 12.1 Å². The average Bonchev–Trinajstić information content (AvgIpc) is 3.17. The maximum atomic E-state index is 13.6. The molecule has 7 nitrogen and oxygen atoms in total. The number of nitrogens with one attached hydrogen (secondary N) is 2. The summed E-state index contributed by atoms with van der Waals surface area (Å²) in [7, 11) is 5.39. The van der Waals surface area contributed by atoms with Gasteiger partial charge in [0.25, 0.3) is 0 Å². The Morgan fingerprint density at radius 1 is 1.16 bits per heavy atom. The minimum Gasteiger partial charge on any atom is -0.454 e. The van der Waals surface area contributed by atoms with Gasteiger partial charge in [0, 0.05) is 31.8 Å². The van der Waals surface area contributed by atoms with E-state index in [4.69, 9.17) is 9.47 Å². The van der Waals surface area contributed by atoms with Crippen LogP contribution in [-0.4, -0.2) is 52.0 Å². The topological polar surface area (TPSA) is 67.4 Å². The Labute approximate surface area is 202 Å². The Balaban J connectivity index is 0.00000363. The van der Waals surface area contributed by atoms with E-state index < -0.39 is 6.61 Å². The monoisotopic (exact) mass is 566 g/mol. The first-order valence-corrected chi connectivity index (χ1v) is 9.61. The van der Waals surface area contributed by atoms with Crippen molar-refractivity contribution in [3.63, 3.8) is 0 Å². The van der Waals surface area contributed by atoms with Gasteiger partial charge in [-0.15, -0.1) is 24.0 Å². The molecule has 1 heterocycles. The Morgan fingerprint density at radius 2 is 1.88 bits per heavy atom. The average molecular weight is 566 g/mol. The number of likely N-dealkylation sites (N-methyl/N-ethyl adjacent to an activating group) is 1. The number of nitrogens with zero attached hydrogens (tertiary/aromatic N) is 2. The fraction of sp³-hybridized carbons (Fsp3) is 0.381. The van der Waals surface area contributed by atoms with Gasteiger partial charge in [0.1, 0.15) is 11.6 Å². The van der Waals surface area contributed by atoms with E-state index in [9.17, 15) is 13.2 Å². The molecule has 2 aromatic carbocycles. The normalized spacial score (nSPS) is 13.7. The van der Waals surface area contributed by atoms with E-state index in [0.717, 1.165) is 5.56 Å². The fourth-order valence-electron chi connectivity index (χ4n) is 3.21. The summed E-state index contributed by atoms with van der Waals surface area (Å²) in [5, 5.41) is 6.25. The molecular weight excluding hydrogens is 540 g/mol. The standard InChI is InChI=1S/C21H25F3N4O3.HI/c1-25-21(27-11-16(28(2)3)13-5-4-6-15(22)7-13)26-10-14-8-18-19(30-12-29-18)9-17(14)31-20(23)24;/h4-9,16,20H,10-12H2,1-3H3,(H2,25,26,27);1H. The molecule has 3 rings (SSSR count). The molecule has 0 radical (unpaired) electrons. The highest BCUT2D eigenvalue weighted by Gasteiger charge is 2.20. The molecule has 1 aliphatic heterocycles. The third-order valence-electron chi connectivity index (χ3n) is 4.76. The molecule has 0 spiro atoms. The number of rotatable bonds is 8. The lowest BCUT2D eigenvalue weighted by Crippen LogP contribution is -2.41. The van der Waals surface area contributed by atoms with Gasteiger partial charge in [-0.2, -0.15) is 8.78 Å². The predicted octanol–water partition coefficient (Wildman–Crippen LogP) is 3.74. The number of halogens is 4. The van der Waals surface area contributed by atoms with Crippen LogP contribution in [0.4, 0.5) is 13.2 Å². The number of fused-ring (bicyclic) bond motifs is 1. The zero-order valence-electron chi connectivity index (χ0n) is 17.9. The van der Waals surface area contributed by atoms with Crippen molar-refractivity contribution in [1.82, 2.24) is 15.5 Å². The third kappa shape index (κ3) is 6.79. The highest BCUT2D eigenvalue weighted by atomic mass is 127. The van der Waals surface area contributed by atoms with E-state index in [1.807, 2.05) is 25.1 Å². The summed E-state index contributed by atoms with van der Waals surface area (Å²) in [4.78, 5) is 6.13. The lowest BCUT2D eigenvalue weighted by atomic mass is 10.1. The maximum absolute atomic E-state index is 13.6. The summed E-state index contributed by atoms with van der Waals surface area (Å²) in [6, 6.07) is 9.27. The minimum atomic E-state index is -2.97. The van der Waals surface area contributed by atoms with Crippen molar-refractivity contribution in [2.45, 2.75) is 19.2 Å². The van der Waals surface area contributed by atoms with E-state index in [0.29, 0.717) is 29.6 Å². The first-order valence-electron chi connectivity index (χ1n) is 9.61. The summed E-state index contributed by atoms with van der Waals surface area (Å²) < 4.78 is 54.4. The number of hydrogen-bond acceptors (Lipinski definition) is 5. The zero-order valence-corrected chi connectivity index (χ0v) is 20.2. The van der Waals surface area contributed by atoms with Crippen molar-refractivity contribution in [3.8, 4) is 17.2 Å². The Hall–Kier alpha value is -2.41. The molecule has 2 aromatic rings. The molecule has 0 saturated heterocycles. The van der Waals surface area contributed by atoms with Gasteiger partial charge in [-0.05, 0) is 37.9 Å². The zero-order chi connectivity index (χ0) is 22.4. The molecule has 2 N–H and O–H groups in total. The number of guanidine groups is 1. The van der Waals surface area contributed by atoms with Gasteiger partial charge >= 0.3 is 6.61 Å². The Kier molecular flexibility index (Phi) is 9.69. The van der Waals surface area contributed by atoms with Crippen molar-refractivity contribution in [3.05, 3.63) is 53.3 Å². The van der Waals surface area contributed by atoms with Crippen LogP contribution in [0.1, 0.15) is 17.2 Å². The largest absolute Gasteiger partial charge is 0.454 e. The van der Waals surface area contributed by atoms with Gasteiger partial charge in [-0.3, -0.25) is 4.99 Å². The Bertz CT molecular complexity index is 931. The minimum absolute atomic E-state index is 0. The second kappa shape index (κ2) is 12.0. The summed E-state index contributed by atoms with van der Waals surface area (Å²) in [5.74, 6) is 0.948. The van der Waals surface area contributed by atoms with E-state index in [1.54, 1.807) is 19.2 Å². The molecular formula is C21H26F3IN4O3. The molecule has 11 heteroatoms. The molecule has 0 aromatic heterocycles. The van der Waals surface area contributed by atoms with Crippen molar-refractivity contribution >= 4 is 29.9 Å². The van der Waals surface area contributed by atoms with Gasteiger partial charge in [-0.25, -0.2) is 4.39 Å². The number of ether oxygens (including phenoxy) is 3. The molecule has 0 bridgehead atoms. The van der Waals surface area contributed by atoms with E-state index >= 15 is 0 Å². The number of hydrogen-bond donors (Lipinski definition) is 2. The quantitative estimate of drug-likeness (QED) is 0.289. The number of aliphatic imine (C=N–C) groups is 1. The highest BCUT2D eigenvalue weighted by molar-refractivity contribution is 14.0. The fourth-order valence-corrected chi connectivity index (χ4v) is 3.21. The molecule has 0 aliphatic carbocycles. The molecule has 0 amide bonds. The van der Waals surface area contributed by atoms with Crippen LogP contribution in [0.25, 0.3) is 0 Å². The molecule has 176 valence electrons.